The normalized spacial score (nSPS) is 12.4. The fourth-order valence-electron chi connectivity index (χ4n) is 4.18. The molecule has 1 aliphatic rings. The van der Waals surface area contributed by atoms with Gasteiger partial charge in [-0.05, 0) is 61.9 Å². The Bertz CT molecular complexity index is 986. The van der Waals surface area contributed by atoms with Gasteiger partial charge in [-0.25, -0.2) is 0 Å². The van der Waals surface area contributed by atoms with Crippen molar-refractivity contribution in [2.45, 2.75) is 53.4 Å². The Balaban J connectivity index is 1.84. The number of ether oxygens (including phenoxy) is 1. The van der Waals surface area contributed by atoms with Crippen LogP contribution in [0.25, 0.3) is 0 Å². The Labute approximate surface area is 168 Å². The van der Waals surface area contributed by atoms with E-state index in [9.17, 15) is 0 Å². The summed E-state index contributed by atoms with van der Waals surface area (Å²) in [6.45, 7) is 8.78. The fourth-order valence-corrected chi connectivity index (χ4v) is 4.18. The molecule has 1 aliphatic heterocycles. The number of pyridine rings is 1. The minimum absolute atomic E-state index is 0.850. The molecule has 1 aromatic heterocycles. The first-order chi connectivity index (χ1) is 13.6. The SMILES string of the molecule is CCCCCc1cc(C)c(N2c3cnccc3Oc3c(C)cccc32)c(C)c1. The number of aromatic nitrogens is 1. The number of rotatable bonds is 5. The monoisotopic (exact) mass is 372 g/mol. The molecule has 0 N–H and O–H groups in total. The van der Waals surface area contributed by atoms with E-state index in [4.69, 9.17) is 4.74 Å². The summed E-state index contributed by atoms with van der Waals surface area (Å²) in [5.41, 5.74) is 8.43. The first kappa shape index (κ1) is 18.5. The Kier molecular flexibility index (Phi) is 5.08. The van der Waals surface area contributed by atoms with Gasteiger partial charge in [0.15, 0.2) is 11.5 Å². The van der Waals surface area contributed by atoms with Gasteiger partial charge in [0.05, 0.1) is 17.6 Å². The highest BCUT2D eigenvalue weighted by Crippen LogP contribution is 2.52. The summed E-state index contributed by atoms with van der Waals surface area (Å²) < 4.78 is 6.25. The molecule has 0 atom stereocenters. The molecule has 0 amide bonds. The molecule has 0 radical (unpaired) electrons. The Morgan fingerprint density at radius 1 is 0.929 bits per heavy atom. The van der Waals surface area contributed by atoms with Crippen molar-refractivity contribution >= 4 is 17.1 Å². The average molecular weight is 373 g/mol. The molecular formula is C25H28N2O. The summed E-state index contributed by atoms with van der Waals surface area (Å²) in [4.78, 5) is 6.69. The molecule has 0 bridgehead atoms. The highest BCUT2D eigenvalue weighted by molar-refractivity contribution is 5.88. The summed E-state index contributed by atoms with van der Waals surface area (Å²) in [7, 11) is 0. The van der Waals surface area contributed by atoms with E-state index < -0.39 is 0 Å². The molecule has 0 saturated heterocycles. The van der Waals surface area contributed by atoms with Crippen LogP contribution in [0.2, 0.25) is 0 Å². The van der Waals surface area contributed by atoms with Gasteiger partial charge < -0.3 is 9.64 Å². The van der Waals surface area contributed by atoms with Crippen LogP contribution in [-0.4, -0.2) is 4.98 Å². The standard InChI is InChI=1S/C25H28N2O/c1-5-6-7-10-20-14-18(3)24(19(4)15-20)27-21-11-8-9-17(2)25(21)28-23-12-13-26-16-22(23)27/h8-9,11-16H,5-7,10H2,1-4H3. The van der Waals surface area contributed by atoms with Gasteiger partial charge in [-0.2, -0.15) is 0 Å². The van der Waals surface area contributed by atoms with Crippen molar-refractivity contribution in [2.75, 3.05) is 4.90 Å². The number of fused-ring (bicyclic) bond motifs is 2. The van der Waals surface area contributed by atoms with Gasteiger partial charge in [0.25, 0.3) is 0 Å². The number of hydrogen-bond donors (Lipinski definition) is 0. The van der Waals surface area contributed by atoms with E-state index >= 15 is 0 Å². The van der Waals surface area contributed by atoms with Crippen molar-refractivity contribution in [1.29, 1.82) is 0 Å². The summed E-state index contributed by atoms with van der Waals surface area (Å²) in [6.07, 6.45) is 8.62. The van der Waals surface area contributed by atoms with Crippen LogP contribution in [0.4, 0.5) is 17.1 Å². The molecule has 144 valence electrons. The lowest BCUT2D eigenvalue weighted by atomic mass is 9.98. The van der Waals surface area contributed by atoms with Crippen molar-refractivity contribution in [3.05, 3.63) is 71.0 Å². The van der Waals surface area contributed by atoms with Crippen LogP contribution in [-0.2, 0) is 6.42 Å². The summed E-state index contributed by atoms with van der Waals surface area (Å²) in [5, 5.41) is 0. The zero-order valence-corrected chi connectivity index (χ0v) is 17.2. The van der Waals surface area contributed by atoms with E-state index in [0.29, 0.717) is 0 Å². The largest absolute Gasteiger partial charge is 0.453 e. The lowest BCUT2D eigenvalue weighted by Gasteiger charge is -2.35. The van der Waals surface area contributed by atoms with Crippen LogP contribution >= 0.6 is 0 Å². The maximum atomic E-state index is 6.25. The minimum Gasteiger partial charge on any atom is -0.453 e. The second-order valence-electron chi connectivity index (χ2n) is 7.74. The lowest BCUT2D eigenvalue weighted by molar-refractivity contribution is 0.472. The van der Waals surface area contributed by atoms with E-state index in [1.54, 1.807) is 6.20 Å². The number of unbranched alkanes of at least 4 members (excludes halogenated alkanes) is 2. The molecular weight excluding hydrogens is 344 g/mol. The van der Waals surface area contributed by atoms with Crippen molar-refractivity contribution in [2.24, 2.45) is 0 Å². The average Bonchev–Trinajstić information content (AvgIpc) is 2.68. The number of nitrogens with zero attached hydrogens (tertiary/aromatic N) is 2. The van der Waals surface area contributed by atoms with Gasteiger partial charge in [0.2, 0.25) is 0 Å². The van der Waals surface area contributed by atoms with Crippen molar-refractivity contribution in [1.82, 2.24) is 4.98 Å². The highest BCUT2D eigenvalue weighted by atomic mass is 16.5. The molecule has 0 fully saturated rings. The number of benzene rings is 2. The molecule has 3 aromatic rings. The molecule has 0 unspecified atom stereocenters. The van der Waals surface area contributed by atoms with Crippen LogP contribution in [0, 0.1) is 20.8 Å². The van der Waals surface area contributed by atoms with E-state index in [1.807, 2.05) is 12.3 Å². The Hall–Kier alpha value is -2.81. The van der Waals surface area contributed by atoms with E-state index in [2.05, 4.69) is 67.9 Å². The van der Waals surface area contributed by atoms with Crippen molar-refractivity contribution < 1.29 is 4.74 Å². The molecule has 2 aromatic carbocycles. The summed E-state index contributed by atoms with van der Waals surface area (Å²) >= 11 is 0. The number of para-hydroxylation sites is 1. The van der Waals surface area contributed by atoms with E-state index in [1.165, 1.54) is 41.6 Å². The quantitative estimate of drug-likeness (QED) is 0.343. The number of anilines is 3. The smallest absolute Gasteiger partial charge is 0.154 e. The predicted molar refractivity (Wildman–Crippen MR) is 116 cm³/mol. The van der Waals surface area contributed by atoms with Crippen LogP contribution in [0.1, 0.15) is 48.4 Å². The first-order valence-electron chi connectivity index (χ1n) is 10.2. The Morgan fingerprint density at radius 3 is 2.46 bits per heavy atom. The molecule has 3 nitrogen and oxygen atoms in total. The second kappa shape index (κ2) is 7.67. The third-order valence-corrected chi connectivity index (χ3v) is 5.49. The molecule has 2 heterocycles. The maximum Gasteiger partial charge on any atom is 0.154 e. The van der Waals surface area contributed by atoms with Gasteiger partial charge in [-0.3, -0.25) is 4.98 Å². The van der Waals surface area contributed by atoms with Crippen LogP contribution in [0.15, 0.2) is 48.8 Å². The Morgan fingerprint density at radius 2 is 1.71 bits per heavy atom. The molecule has 4 rings (SSSR count). The zero-order valence-electron chi connectivity index (χ0n) is 17.2. The van der Waals surface area contributed by atoms with E-state index in [-0.39, 0.29) is 0 Å². The summed E-state index contributed by atoms with van der Waals surface area (Å²) in [6, 6.07) is 13.0. The first-order valence-corrected chi connectivity index (χ1v) is 10.2. The second-order valence-corrected chi connectivity index (χ2v) is 7.74. The lowest BCUT2D eigenvalue weighted by Crippen LogP contribution is -2.18. The third-order valence-electron chi connectivity index (χ3n) is 5.49. The van der Waals surface area contributed by atoms with Gasteiger partial charge in [0, 0.05) is 12.3 Å². The summed E-state index contributed by atoms with van der Waals surface area (Å²) in [5.74, 6) is 1.77. The van der Waals surface area contributed by atoms with Gasteiger partial charge in [-0.15, -0.1) is 0 Å². The third kappa shape index (κ3) is 3.26. The number of hydrogen-bond acceptors (Lipinski definition) is 3. The zero-order chi connectivity index (χ0) is 19.7. The fraction of sp³-hybridized carbons (Fsp3) is 0.320. The molecule has 0 aliphatic carbocycles. The number of aryl methyl sites for hydroxylation is 4. The molecule has 0 saturated carbocycles. The predicted octanol–water partition coefficient (Wildman–Crippen LogP) is 7.32. The van der Waals surface area contributed by atoms with Gasteiger partial charge >= 0.3 is 0 Å². The molecule has 3 heteroatoms. The van der Waals surface area contributed by atoms with Crippen molar-refractivity contribution in [3.8, 4) is 11.5 Å². The minimum atomic E-state index is 0.850. The van der Waals surface area contributed by atoms with Crippen LogP contribution in [0.3, 0.4) is 0 Å². The molecule has 28 heavy (non-hydrogen) atoms. The van der Waals surface area contributed by atoms with E-state index in [0.717, 1.165) is 34.9 Å². The topological polar surface area (TPSA) is 25.4 Å². The van der Waals surface area contributed by atoms with Gasteiger partial charge in [0.1, 0.15) is 5.69 Å². The van der Waals surface area contributed by atoms with Crippen LogP contribution < -0.4 is 9.64 Å². The maximum absolute atomic E-state index is 6.25. The van der Waals surface area contributed by atoms with Crippen LogP contribution in [0.5, 0.6) is 11.5 Å². The highest BCUT2D eigenvalue weighted by Gasteiger charge is 2.28. The van der Waals surface area contributed by atoms with Crippen molar-refractivity contribution in [3.63, 3.8) is 0 Å². The molecule has 0 spiro atoms. The van der Waals surface area contributed by atoms with Gasteiger partial charge in [-0.1, -0.05) is 44.0 Å².